The van der Waals surface area contributed by atoms with Gasteiger partial charge in [-0.25, -0.2) is 13.1 Å². The molecule has 1 saturated carbocycles. The van der Waals surface area contributed by atoms with Crippen molar-refractivity contribution in [1.82, 2.24) is 4.72 Å². The zero-order valence-electron chi connectivity index (χ0n) is 13.4. The molecule has 128 valence electrons. The van der Waals surface area contributed by atoms with Gasteiger partial charge in [-0.2, -0.15) is 0 Å². The maximum absolute atomic E-state index is 12.4. The van der Waals surface area contributed by atoms with Crippen molar-refractivity contribution in [1.29, 1.82) is 0 Å². The average Bonchev–Trinajstić information content (AvgIpc) is 3.29. The summed E-state index contributed by atoms with van der Waals surface area (Å²) in [7, 11) is -3.77. The van der Waals surface area contributed by atoms with Crippen molar-refractivity contribution >= 4 is 15.7 Å². The first-order chi connectivity index (χ1) is 10.8. The molecular formula is C15H22N2O5S. The summed E-state index contributed by atoms with van der Waals surface area (Å²) in [6, 6.07) is 2.48. The molecule has 1 aliphatic carbocycles. The van der Waals surface area contributed by atoms with E-state index in [0.717, 1.165) is 12.7 Å². The van der Waals surface area contributed by atoms with E-state index >= 15 is 0 Å². The van der Waals surface area contributed by atoms with Gasteiger partial charge in [-0.1, -0.05) is 0 Å². The molecule has 2 rings (SSSR count). The topological polar surface area (TPSA) is 98.5 Å². The van der Waals surface area contributed by atoms with E-state index in [1.807, 2.05) is 0 Å². The number of nitrogens with one attached hydrogen (secondary N) is 1. The minimum atomic E-state index is -3.77. The van der Waals surface area contributed by atoms with Crippen molar-refractivity contribution in [2.45, 2.75) is 38.0 Å². The Hall–Kier alpha value is -1.51. The fourth-order valence-corrected chi connectivity index (χ4v) is 3.59. The van der Waals surface area contributed by atoms with Gasteiger partial charge in [0, 0.05) is 31.9 Å². The Morgan fingerprint density at radius 1 is 1.35 bits per heavy atom. The van der Waals surface area contributed by atoms with Crippen LogP contribution in [0.3, 0.4) is 0 Å². The number of nitro benzene ring substituents is 1. The number of aryl methyl sites for hydroxylation is 1. The lowest BCUT2D eigenvalue weighted by Crippen LogP contribution is -2.26. The second-order valence-corrected chi connectivity index (χ2v) is 7.65. The van der Waals surface area contributed by atoms with E-state index in [2.05, 4.69) is 4.72 Å². The molecule has 1 N–H and O–H groups in total. The molecule has 23 heavy (non-hydrogen) atoms. The van der Waals surface area contributed by atoms with Gasteiger partial charge < -0.3 is 4.74 Å². The quantitative estimate of drug-likeness (QED) is 0.422. The molecule has 0 amide bonds. The zero-order valence-corrected chi connectivity index (χ0v) is 14.2. The molecule has 0 heterocycles. The molecule has 1 fully saturated rings. The Kier molecular flexibility index (Phi) is 5.72. The lowest BCUT2D eigenvalue weighted by Gasteiger charge is -2.11. The molecule has 8 heteroatoms. The van der Waals surface area contributed by atoms with Crippen molar-refractivity contribution in [2.75, 3.05) is 19.8 Å². The predicted molar refractivity (Wildman–Crippen MR) is 85.9 cm³/mol. The molecule has 1 aromatic rings. The molecular weight excluding hydrogens is 320 g/mol. The molecule has 0 atom stereocenters. The van der Waals surface area contributed by atoms with Crippen LogP contribution >= 0.6 is 0 Å². The molecule has 0 saturated heterocycles. The third kappa shape index (κ3) is 4.98. The number of ether oxygens (including phenoxy) is 1. The van der Waals surface area contributed by atoms with Crippen LogP contribution < -0.4 is 4.72 Å². The first-order valence-corrected chi connectivity index (χ1v) is 9.12. The first kappa shape index (κ1) is 17.8. The Labute approximate surface area is 136 Å². The van der Waals surface area contributed by atoms with E-state index in [1.165, 1.54) is 18.9 Å². The highest BCUT2D eigenvalue weighted by molar-refractivity contribution is 7.89. The maximum atomic E-state index is 12.4. The van der Waals surface area contributed by atoms with Crippen LogP contribution in [0.4, 0.5) is 5.69 Å². The van der Waals surface area contributed by atoms with Gasteiger partial charge in [0.05, 0.1) is 9.82 Å². The van der Waals surface area contributed by atoms with Crippen LogP contribution in [0.2, 0.25) is 0 Å². The number of nitro groups is 1. The molecule has 0 radical (unpaired) electrons. The van der Waals surface area contributed by atoms with Crippen LogP contribution in [-0.4, -0.2) is 33.1 Å². The van der Waals surface area contributed by atoms with Crippen LogP contribution in [0.15, 0.2) is 17.0 Å². The van der Waals surface area contributed by atoms with Crippen molar-refractivity contribution < 1.29 is 18.1 Å². The second kappa shape index (κ2) is 7.37. The van der Waals surface area contributed by atoms with Crippen molar-refractivity contribution in [3.05, 3.63) is 33.4 Å². The molecule has 0 bridgehead atoms. The van der Waals surface area contributed by atoms with Crippen LogP contribution in [0.25, 0.3) is 0 Å². The van der Waals surface area contributed by atoms with Crippen molar-refractivity contribution in [3.8, 4) is 0 Å². The summed E-state index contributed by atoms with van der Waals surface area (Å²) >= 11 is 0. The van der Waals surface area contributed by atoms with Gasteiger partial charge in [0.2, 0.25) is 10.0 Å². The smallest absolute Gasteiger partial charge is 0.271 e. The van der Waals surface area contributed by atoms with Gasteiger partial charge in [0.15, 0.2) is 0 Å². The van der Waals surface area contributed by atoms with Gasteiger partial charge in [0.25, 0.3) is 5.69 Å². The fourth-order valence-electron chi connectivity index (χ4n) is 2.19. The maximum Gasteiger partial charge on any atom is 0.271 e. The SMILES string of the molecule is Cc1cc([N+](=O)[O-])cc(S(=O)(=O)NCCCOCC2CC2)c1C. The van der Waals surface area contributed by atoms with E-state index in [4.69, 9.17) is 4.74 Å². The van der Waals surface area contributed by atoms with Crippen LogP contribution in [0.5, 0.6) is 0 Å². The Morgan fingerprint density at radius 3 is 2.65 bits per heavy atom. The summed E-state index contributed by atoms with van der Waals surface area (Å²) in [5.41, 5.74) is 0.877. The summed E-state index contributed by atoms with van der Waals surface area (Å²) in [6.45, 7) is 4.80. The highest BCUT2D eigenvalue weighted by Gasteiger charge is 2.22. The first-order valence-electron chi connectivity index (χ1n) is 7.64. The summed E-state index contributed by atoms with van der Waals surface area (Å²) in [6.07, 6.45) is 3.01. The summed E-state index contributed by atoms with van der Waals surface area (Å²) < 4.78 is 32.6. The Morgan fingerprint density at radius 2 is 2.04 bits per heavy atom. The molecule has 1 aliphatic rings. The molecule has 0 spiro atoms. The number of hydrogen-bond acceptors (Lipinski definition) is 5. The van der Waals surface area contributed by atoms with E-state index in [-0.39, 0.29) is 17.1 Å². The summed E-state index contributed by atoms with van der Waals surface area (Å²) in [5, 5.41) is 10.9. The highest BCUT2D eigenvalue weighted by Crippen LogP contribution is 2.28. The minimum absolute atomic E-state index is 0.0388. The zero-order chi connectivity index (χ0) is 17.0. The second-order valence-electron chi connectivity index (χ2n) is 5.91. The molecule has 7 nitrogen and oxygen atoms in total. The van der Waals surface area contributed by atoms with Gasteiger partial charge in [-0.05, 0) is 50.2 Å². The van der Waals surface area contributed by atoms with Gasteiger partial charge in [-0.15, -0.1) is 0 Å². The van der Waals surface area contributed by atoms with Crippen LogP contribution in [0.1, 0.15) is 30.4 Å². The number of rotatable bonds is 9. The molecule has 1 aromatic carbocycles. The number of sulfonamides is 1. The van der Waals surface area contributed by atoms with E-state index in [1.54, 1.807) is 13.8 Å². The predicted octanol–water partition coefficient (Wildman–Crippen LogP) is 2.31. The molecule has 0 unspecified atom stereocenters. The van der Waals surface area contributed by atoms with Gasteiger partial charge >= 0.3 is 0 Å². The van der Waals surface area contributed by atoms with E-state index < -0.39 is 14.9 Å². The van der Waals surface area contributed by atoms with Crippen LogP contribution in [0, 0.1) is 29.9 Å². The Bertz CT molecular complexity index is 683. The normalized spacial score (nSPS) is 14.9. The average molecular weight is 342 g/mol. The fraction of sp³-hybridized carbons (Fsp3) is 0.600. The third-order valence-corrected chi connectivity index (χ3v) is 5.50. The number of benzene rings is 1. The number of hydrogen-bond donors (Lipinski definition) is 1. The van der Waals surface area contributed by atoms with E-state index in [9.17, 15) is 18.5 Å². The van der Waals surface area contributed by atoms with Crippen LogP contribution in [-0.2, 0) is 14.8 Å². The third-order valence-electron chi connectivity index (χ3n) is 3.91. The highest BCUT2D eigenvalue weighted by atomic mass is 32.2. The largest absolute Gasteiger partial charge is 0.381 e. The minimum Gasteiger partial charge on any atom is -0.381 e. The lowest BCUT2D eigenvalue weighted by molar-refractivity contribution is -0.385. The standard InChI is InChI=1S/C15H22N2O5S/c1-11-8-14(17(18)19)9-15(12(11)2)23(20,21)16-6-3-7-22-10-13-4-5-13/h8-9,13,16H,3-7,10H2,1-2H3. The monoisotopic (exact) mass is 342 g/mol. The lowest BCUT2D eigenvalue weighted by atomic mass is 10.1. The Balaban J connectivity index is 1.96. The summed E-state index contributed by atoms with van der Waals surface area (Å²) in [4.78, 5) is 10.3. The summed E-state index contributed by atoms with van der Waals surface area (Å²) in [5.74, 6) is 0.683. The number of nitrogens with zero attached hydrogens (tertiary/aromatic N) is 1. The van der Waals surface area contributed by atoms with Crippen molar-refractivity contribution in [3.63, 3.8) is 0 Å². The van der Waals surface area contributed by atoms with Gasteiger partial charge in [0.1, 0.15) is 0 Å². The number of non-ortho nitro benzene ring substituents is 1. The molecule has 0 aliphatic heterocycles. The van der Waals surface area contributed by atoms with Crippen molar-refractivity contribution in [2.24, 2.45) is 5.92 Å². The van der Waals surface area contributed by atoms with E-state index in [0.29, 0.717) is 30.1 Å². The van der Waals surface area contributed by atoms with Gasteiger partial charge in [-0.3, -0.25) is 10.1 Å². The molecule has 0 aromatic heterocycles.